The highest BCUT2D eigenvalue weighted by molar-refractivity contribution is 5.75. The number of carbonyl (C=O) groups is 1. The van der Waals surface area contributed by atoms with Gasteiger partial charge in [0.15, 0.2) is 11.6 Å². The van der Waals surface area contributed by atoms with Gasteiger partial charge in [0, 0.05) is 49.9 Å². The van der Waals surface area contributed by atoms with Gasteiger partial charge in [0.2, 0.25) is 0 Å². The Morgan fingerprint density at radius 1 is 1.23 bits per heavy atom. The zero-order valence-electron chi connectivity index (χ0n) is 16.8. The minimum atomic E-state index is -0.991. The summed E-state index contributed by atoms with van der Waals surface area (Å²) < 4.78 is 45.9. The van der Waals surface area contributed by atoms with Gasteiger partial charge in [-0.05, 0) is 26.2 Å². The summed E-state index contributed by atoms with van der Waals surface area (Å²) in [5.74, 6) is -1.97. The minimum Gasteiger partial charge on any atom is -0.447 e. The zero-order chi connectivity index (χ0) is 21.5. The van der Waals surface area contributed by atoms with Crippen LogP contribution in [0.1, 0.15) is 32.2 Å². The summed E-state index contributed by atoms with van der Waals surface area (Å²) in [7, 11) is 0. The lowest BCUT2D eigenvalue weighted by atomic mass is 9.94. The Kier molecular flexibility index (Phi) is 5.52. The lowest BCUT2D eigenvalue weighted by molar-refractivity contribution is 0.0621. The van der Waals surface area contributed by atoms with E-state index in [4.69, 9.17) is 4.74 Å². The van der Waals surface area contributed by atoms with Crippen molar-refractivity contribution in [3.63, 3.8) is 0 Å². The first kappa shape index (κ1) is 20.8. The van der Waals surface area contributed by atoms with Crippen molar-refractivity contribution >= 4 is 17.1 Å². The fraction of sp³-hybridized carbons (Fsp3) is 0.600. The highest BCUT2D eigenvalue weighted by atomic mass is 19.2. The van der Waals surface area contributed by atoms with Crippen LogP contribution < -0.4 is 5.69 Å². The molecule has 0 radical (unpaired) electrons. The quantitative estimate of drug-likeness (QED) is 0.816. The first-order valence-electron chi connectivity index (χ1n) is 10.1. The number of carbonyl (C=O) groups excluding carboxylic acids is 1. The van der Waals surface area contributed by atoms with Gasteiger partial charge in [0.1, 0.15) is 13.3 Å². The van der Waals surface area contributed by atoms with Crippen LogP contribution in [0.15, 0.2) is 16.9 Å². The van der Waals surface area contributed by atoms with E-state index in [1.54, 1.807) is 4.90 Å². The van der Waals surface area contributed by atoms with E-state index in [0.717, 1.165) is 18.6 Å². The number of aromatic amines is 1. The average Bonchev–Trinajstić information content (AvgIpc) is 3.27. The molecule has 0 saturated carbocycles. The third kappa shape index (κ3) is 3.68. The van der Waals surface area contributed by atoms with Crippen LogP contribution in [0, 0.1) is 11.6 Å². The van der Waals surface area contributed by atoms with E-state index >= 15 is 0 Å². The van der Waals surface area contributed by atoms with Crippen LogP contribution >= 0.6 is 0 Å². The summed E-state index contributed by atoms with van der Waals surface area (Å²) in [5.41, 5.74) is 0.0557. The van der Waals surface area contributed by atoms with E-state index in [-0.39, 0.29) is 29.4 Å². The van der Waals surface area contributed by atoms with Gasteiger partial charge >= 0.3 is 11.8 Å². The Morgan fingerprint density at radius 3 is 2.63 bits per heavy atom. The molecule has 1 unspecified atom stereocenters. The number of alkyl halides is 1. The van der Waals surface area contributed by atoms with E-state index in [2.05, 4.69) is 16.8 Å². The number of piperidine rings is 1. The standard InChI is InChI=1S/C20H25F3N4O3/c1-20(4-8-25(12-20)19(29)30-9-5-21)26-6-2-13(3-7-26)27-17-11-15(23)14(22)10-16(17)24-18(27)28/h10-11,13H,2-9,12H2,1H3,(H,24,28). The molecule has 0 aliphatic carbocycles. The van der Waals surface area contributed by atoms with E-state index in [1.165, 1.54) is 4.57 Å². The molecule has 0 spiro atoms. The van der Waals surface area contributed by atoms with Crippen LogP contribution in [0.2, 0.25) is 0 Å². The van der Waals surface area contributed by atoms with Crippen LogP contribution in [0.3, 0.4) is 0 Å². The molecule has 1 aromatic carbocycles. The van der Waals surface area contributed by atoms with Crippen LogP contribution in [0.4, 0.5) is 18.0 Å². The number of halogens is 3. The van der Waals surface area contributed by atoms with Gasteiger partial charge < -0.3 is 14.6 Å². The number of imidazole rings is 1. The van der Waals surface area contributed by atoms with Gasteiger partial charge in [-0.15, -0.1) is 0 Å². The topological polar surface area (TPSA) is 70.6 Å². The maximum atomic E-state index is 13.7. The van der Waals surface area contributed by atoms with Crippen molar-refractivity contribution in [2.24, 2.45) is 0 Å². The van der Waals surface area contributed by atoms with E-state index in [0.29, 0.717) is 44.5 Å². The molecule has 7 nitrogen and oxygen atoms in total. The van der Waals surface area contributed by atoms with Gasteiger partial charge in [0.25, 0.3) is 0 Å². The molecule has 2 aromatic rings. The molecule has 0 bridgehead atoms. The molecular formula is C20H25F3N4O3. The molecule has 1 aromatic heterocycles. The van der Waals surface area contributed by atoms with Crippen molar-refractivity contribution in [2.75, 3.05) is 39.5 Å². The van der Waals surface area contributed by atoms with E-state index in [9.17, 15) is 22.8 Å². The summed E-state index contributed by atoms with van der Waals surface area (Å²) in [5, 5.41) is 0. The summed E-state index contributed by atoms with van der Waals surface area (Å²) in [4.78, 5) is 30.9. The van der Waals surface area contributed by atoms with Crippen molar-refractivity contribution < 1.29 is 22.7 Å². The maximum absolute atomic E-state index is 13.7. The van der Waals surface area contributed by atoms with Crippen molar-refractivity contribution in [3.8, 4) is 0 Å². The van der Waals surface area contributed by atoms with Gasteiger partial charge in [-0.2, -0.15) is 0 Å². The first-order valence-corrected chi connectivity index (χ1v) is 10.1. The SMILES string of the molecule is CC1(N2CCC(n3c(=O)[nH]c4cc(F)c(F)cc43)CC2)CCN(C(=O)OCCF)C1. The second kappa shape index (κ2) is 7.98. The number of rotatable bonds is 4. The average molecular weight is 426 g/mol. The zero-order valence-corrected chi connectivity index (χ0v) is 16.8. The van der Waals surface area contributed by atoms with Crippen LogP contribution in [0.25, 0.3) is 11.0 Å². The minimum absolute atomic E-state index is 0.122. The third-order valence-corrected chi connectivity index (χ3v) is 6.36. The van der Waals surface area contributed by atoms with Crippen molar-refractivity contribution in [2.45, 2.75) is 37.8 Å². The fourth-order valence-electron chi connectivity index (χ4n) is 4.72. The highest BCUT2D eigenvalue weighted by Gasteiger charge is 2.42. The molecule has 3 heterocycles. The smallest absolute Gasteiger partial charge is 0.409 e. The van der Waals surface area contributed by atoms with Gasteiger partial charge in [-0.1, -0.05) is 0 Å². The number of fused-ring (bicyclic) bond motifs is 1. The predicted octanol–water partition coefficient (Wildman–Crippen LogP) is 2.82. The van der Waals surface area contributed by atoms with Crippen LogP contribution in [-0.2, 0) is 4.74 Å². The molecular weight excluding hydrogens is 401 g/mol. The summed E-state index contributed by atoms with van der Waals surface area (Å²) in [6.45, 7) is 3.62. The summed E-state index contributed by atoms with van der Waals surface area (Å²) in [6, 6.07) is 1.95. The van der Waals surface area contributed by atoms with Crippen molar-refractivity contribution in [3.05, 3.63) is 34.3 Å². The third-order valence-electron chi connectivity index (χ3n) is 6.36. The summed E-state index contributed by atoms with van der Waals surface area (Å²) in [6.07, 6.45) is 1.63. The maximum Gasteiger partial charge on any atom is 0.409 e. The number of benzene rings is 1. The number of ether oxygens (including phenoxy) is 1. The van der Waals surface area contributed by atoms with E-state index < -0.39 is 24.4 Å². The molecule has 30 heavy (non-hydrogen) atoms. The first-order chi connectivity index (χ1) is 14.3. The lowest BCUT2D eigenvalue weighted by Gasteiger charge is -2.43. The number of H-pyrrole nitrogens is 1. The lowest BCUT2D eigenvalue weighted by Crippen LogP contribution is -2.52. The molecule has 10 heteroatoms. The molecule has 1 amide bonds. The fourth-order valence-corrected chi connectivity index (χ4v) is 4.72. The Morgan fingerprint density at radius 2 is 1.93 bits per heavy atom. The van der Waals surface area contributed by atoms with Crippen LogP contribution in [-0.4, -0.2) is 70.4 Å². The Hall–Kier alpha value is -2.49. The van der Waals surface area contributed by atoms with Crippen LogP contribution in [0.5, 0.6) is 0 Å². The largest absolute Gasteiger partial charge is 0.447 e. The normalized spacial score (nSPS) is 23.4. The van der Waals surface area contributed by atoms with Crippen molar-refractivity contribution in [1.29, 1.82) is 0 Å². The molecule has 2 aliphatic heterocycles. The number of nitrogens with zero attached hydrogens (tertiary/aromatic N) is 3. The molecule has 2 saturated heterocycles. The Bertz CT molecular complexity index is 999. The number of amides is 1. The second-order valence-electron chi connectivity index (χ2n) is 8.27. The monoisotopic (exact) mass is 426 g/mol. The van der Waals surface area contributed by atoms with Gasteiger partial charge in [-0.3, -0.25) is 9.47 Å². The molecule has 2 fully saturated rings. The number of hydrogen-bond acceptors (Lipinski definition) is 4. The number of aromatic nitrogens is 2. The molecule has 2 aliphatic rings. The number of hydrogen-bond donors (Lipinski definition) is 1. The van der Waals surface area contributed by atoms with Gasteiger partial charge in [-0.25, -0.2) is 22.8 Å². The Balaban J connectivity index is 1.44. The molecule has 1 N–H and O–H groups in total. The Labute approximate surface area is 171 Å². The summed E-state index contributed by atoms with van der Waals surface area (Å²) >= 11 is 0. The van der Waals surface area contributed by atoms with Crippen molar-refractivity contribution in [1.82, 2.24) is 19.4 Å². The number of likely N-dealkylation sites (tertiary alicyclic amines) is 2. The molecule has 4 rings (SSSR count). The highest BCUT2D eigenvalue weighted by Crippen LogP contribution is 2.34. The predicted molar refractivity (Wildman–Crippen MR) is 104 cm³/mol. The van der Waals surface area contributed by atoms with E-state index in [1.807, 2.05) is 0 Å². The van der Waals surface area contributed by atoms with Gasteiger partial charge in [0.05, 0.1) is 11.0 Å². The molecule has 1 atom stereocenters. The number of nitrogens with one attached hydrogen (secondary N) is 1. The second-order valence-corrected chi connectivity index (χ2v) is 8.27. The molecule has 164 valence electrons.